The van der Waals surface area contributed by atoms with Crippen molar-refractivity contribution in [2.75, 3.05) is 19.7 Å². The SMILES string of the molecule is CCc1ncnc(OC2CCN(S(=O)(=O)c3ccc4c(c3)CCO4)C2)c1F. The number of nitrogens with zero attached hydrogens (tertiary/aromatic N) is 3. The average Bonchev–Trinajstić information content (AvgIpc) is 3.32. The molecule has 1 unspecified atom stereocenters. The number of halogens is 1. The van der Waals surface area contributed by atoms with E-state index in [1.807, 2.05) is 0 Å². The Bertz CT molecular complexity index is 967. The smallest absolute Gasteiger partial charge is 0.254 e. The molecule has 7 nitrogen and oxygen atoms in total. The molecule has 2 aliphatic rings. The lowest BCUT2D eigenvalue weighted by atomic mass is 10.2. The second-order valence-electron chi connectivity index (χ2n) is 6.55. The molecule has 9 heteroatoms. The molecule has 2 aromatic rings. The largest absolute Gasteiger partial charge is 0.493 e. The molecule has 1 atom stereocenters. The number of aryl methyl sites for hydroxylation is 1. The van der Waals surface area contributed by atoms with Crippen LogP contribution in [-0.4, -0.2) is 48.5 Å². The second kappa shape index (κ2) is 7.05. The number of aromatic nitrogens is 2. The molecule has 0 N–H and O–H groups in total. The van der Waals surface area contributed by atoms with Crippen molar-refractivity contribution in [3.8, 4) is 11.6 Å². The molecular formula is C18H20FN3O4S. The molecule has 1 fully saturated rings. The first-order valence-corrected chi connectivity index (χ1v) is 10.3. The summed E-state index contributed by atoms with van der Waals surface area (Å²) in [5.74, 6) is 0.0308. The van der Waals surface area contributed by atoms with Gasteiger partial charge in [-0.3, -0.25) is 0 Å². The maximum absolute atomic E-state index is 14.3. The summed E-state index contributed by atoms with van der Waals surface area (Å²) < 4.78 is 52.5. The van der Waals surface area contributed by atoms with Crippen molar-refractivity contribution in [3.63, 3.8) is 0 Å². The van der Waals surface area contributed by atoms with E-state index in [0.29, 0.717) is 32.4 Å². The number of benzene rings is 1. The molecule has 0 saturated carbocycles. The molecule has 1 saturated heterocycles. The van der Waals surface area contributed by atoms with Crippen LogP contribution in [0.15, 0.2) is 29.4 Å². The third kappa shape index (κ3) is 3.37. The van der Waals surface area contributed by atoms with Crippen LogP contribution in [0.1, 0.15) is 24.6 Å². The highest BCUT2D eigenvalue weighted by molar-refractivity contribution is 7.89. The Morgan fingerprint density at radius 1 is 1.37 bits per heavy atom. The van der Waals surface area contributed by atoms with Gasteiger partial charge in [0.25, 0.3) is 5.88 Å². The fraction of sp³-hybridized carbons (Fsp3) is 0.444. The van der Waals surface area contributed by atoms with Gasteiger partial charge in [-0.2, -0.15) is 13.7 Å². The molecule has 0 aliphatic carbocycles. The van der Waals surface area contributed by atoms with E-state index in [4.69, 9.17) is 9.47 Å². The van der Waals surface area contributed by atoms with Gasteiger partial charge in [-0.1, -0.05) is 6.92 Å². The standard InChI is InChI=1S/C18H20FN3O4S/c1-2-15-17(19)18(21-11-20-15)26-13-5-7-22(10-13)27(23,24)14-3-4-16-12(9-14)6-8-25-16/h3-4,9,11,13H,2,5-8,10H2,1H3. The van der Waals surface area contributed by atoms with Gasteiger partial charge in [0.2, 0.25) is 15.8 Å². The van der Waals surface area contributed by atoms with Crippen LogP contribution in [0.5, 0.6) is 11.6 Å². The molecule has 3 heterocycles. The van der Waals surface area contributed by atoms with E-state index in [2.05, 4.69) is 9.97 Å². The normalized spacial score (nSPS) is 19.7. The Labute approximate surface area is 157 Å². The Morgan fingerprint density at radius 2 is 2.22 bits per heavy atom. The number of hydrogen-bond acceptors (Lipinski definition) is 6. The van der Waals surface area contributed by atoms with Gasteiger partial charge in [0.05, 0.1) is 23.7 Å². The summed E-state index contributed by atoms with van der Waals surface area (Å²) in [5, 5.41) is 0. The zero-order valence-electron chi connectivity index (χ0n) is 14.9. The van der Waals surface area contributed by atoms with Gasteiger partial charge in [-0.05, 0) is 36.6 Å². The summed E-state index contributed by atoms with van der Waals surface area (Å²) in [6.07, 6.45) is 2.41. The van der Waals surface area contributed by atoms with E-state index >= 15 is 0 Å². The Balaban J connectivity index is 1.49. The predicted molar refractivity (Wildman–Crippen MR) is 94.8 cm³/mol. The van der Waals surface area contributed by atoms with Gasteiger partial charge in [0.1, 0.15) is 18.2 Å². The monoisotopic (exact) mass is 393 g/mol. The first kappa shape index (κ1) is 18.1. The van der Waals surface area contributed by atoms with Crippen LogP contribution >= 0.6 is 0 Å². The van der Waals surface area contributed by atoms with Crippen molar-refractivity contribution < 1.29 is 22.3 Å². The van der Waals surface area contributed by atoms with Crippen molar-refractivity contribution in [1.29, 1.82) is 0 Å². The highest BCUT2D eigenvalue weighted by Crippen LogP contribution is 2.30. The van der Waals surface area contributed by atoms with Gasteiger partial charge in [-0.25, -0.2) is 13.4 Å². The Morgan fingerprint density at radius 3 is 3.04 bits per heavy atom. The van der Waals surface area contributed by atoms with E-state index in [-0.39, 0.29) is 23.0 Å². The first-order chi connectivity index (χ1) is 13.0. The molecular weight excluding hydrogens is 373 g/mol. The van der Waals surface area contributed by atoms with Crippen molar-refractivity contribution in [2.24, 2.45) is 0 Å². The Hall–Kier alpha value is -2.26. The quantitative estimate of drug-likeness (QED) is 0.772. The van der Waals surface area contributed by atoms with Crippen LogP contribution in [0.2, 0.25) is 0 Å². The lowest BCUT2D eigenvalue weighted by molar-refractivity contribution is 0.195. The number of fused-ring (bicyclic) bond motifs is 1. The number of sulfonamides is 1. The number of ether oxygens (including phenoxy) is 2. The maximum Gasteiger partial charge on any atom is 0.254 e. The van der Waals surface area contributed by atoms with E-state index in [0.717, 1.165) is 11.3 Å². The molecule has 1 aromatic heterocycles. The highest BCUT2D eigenvalue weighted by Gasteiger charge is 2.35. The van der Waals surface area contributed by atoms with Crippen LogP contribution in [0, 0.1) is 5.82 Å². The fourth-order valence-electron chi connectivity index (χ4n) is 3.36. The van der Waals surface area contributed by atoms with Gasteiger partial charge < -0.3 is 9.47 Å². The summed E-state index contributed by atoms with van der Waals surface area (Å²) in [5.41, 5.74) is 1.18. The highest BCUT2D eigenvalue weighted by atomic mass is 32.2. The van der Waals surface area contributed by atoms with E-state index in [1.54, 1.807) is 25.1 Å². The van der Waals surface area contributed by atoms with Crippen LogP contribution in [0.3, 0.4) is 0 Å². The minimum Gasteiger partial charge on any atom is -0.493 e. The van der Waals surface area contributed by atoms with Gasteiger partial charge >= 0.3 is 0 Å². The Kier molecular flexibility index (Phi) is 4.73. The average molecular weight is 393 g/mol. The number of hydrogen-bond donors (Lipinski definition) is 0. The van der Waals surface area contributed by atoms with Gasteiger partial charge in [0.15, 0.2) is 0 Å². The number of rotatable bonds is 5. The van der Waals surface area contributed by atoms with E-state index in [1.165, 1.54) is 10.6 Å². The van der Waals surface area contributed by atoms with Crippen LogP contribution in [0.25, 0.3) is 0 Å². The first-order valence-electron chi connectivity index (χ1n) is 8.91. The topological polar surface area (TPSA) is 81.6 Å². The zero-order chi connectivity index (χ0) is 19.0. The van der Waals surface area contributed by atoms with Gasteiger partial charge in [0, 0.05) is 13.0 Å². The molecule has 0 bridgehead atoms. The minimum atomic E-state index is -3.64. The third-order valence-electron chi connectivity index (χ3n) is 4.85. The summed E-state index contributed by atoms with van der Waals surface area (Å²) in [6, 6.07) is 4.93. The van der Waals surface area contributed by atoms with E-state index < -0.39 is 21.9 Å². The maximum atomic E-state index is 14.3. The molecule has 144 valence electrons. The molecule has 2 aliphatic heterocycles. The second-order valence-corrected chi connectivity index (χ2v) is 8.49. The summed E-state index contributed by atoms with van der Waals surface area (Å²) >= 11 is 0. The van der Waals surface area contributed by atoms with Crippen LogP contribution < -0.4 is 9.47 Å². The van der Waals surface area contributed by atoms with Crippen LogP contribution in [-0.2, 0) is 22.9 Å². The molecule has 4 rings (SSSR count). The van der Waals surface area contributed by atoms with Gasteiger partial charge in [-0.15, -0.1) is 0 Å². The van der Waals surface area contributed by atoms with Crippen molar-refractivity contribution in [3.05, 3.63) is 41.6 Å². The molecule has 0 spiro atoms. The summed E-state index contributed by atoms with van der Waals surface area (Å²) in [6.45, 7) is 2.83. The zero-order valence-corrected chi connectivity index (χ0v) is 15.7. The summed E-state index contributed by atoms with van der Waals surface area (Å²) in [7, 11) is -3.64. The van der Waals surface area contributed by atoms with Crippen LogP contribution in [0.4, 0.5) is 4.39 Å². The predicted octanol–water partition coefficient (Wildman–Crippen LogP) is 1.95. The van der Waals surface area contributed by atoms with Crippen molar-refractivity contribution in [2.45, 2.75) is 37.2 Å². The summed E-state index contributed by atoms with van der Waals surface area (Å²) in [4.78, 5) is 7.96. The van der Waals surface area contributed by atoms with Crippen molar-refractivity contribution >= 4 is 10.0 Å². The lowest BCUT2D eigenvalue weighted by Crippen LogP contribution is -2.31. The molecule has 1 aromatic carbocycles. The molecule has 0 radical (unpaired) electrons. The molecule has 27 heavy (non-hydrogen) atoms. The lowest BCUT2D eigenvalue weighted by Gasteiger charge is -2.17. The fourth-order valence-corrected chi connectivity index (χ4v) is 4.90. The van der Waals surface area contributed by atoms with Crippen molar-refractivity contribution in [1.82, 2.24) is 14.3 Å². The van der Waals surface area contributed by atoms with E-state index in [9.17, 15) is 12.8 Å². The molecule has 0 amide bonds. The third-order valence-corrected chi connectivity index (χ3v) is 6.71. The minimum absolute atomic E-state index is 0.124.